The first-order chi connectivity index (χ1) is 12.3. The van der Waals surface area contributed by atoms with Crippen LogP contribution in [-0.2, 0) is 6.54 Å². The van der Waals surface area contributed by atoms with E-state index in [2.05, 4.69) is 47.5 Å². The van der Waals surface area contributed by atoms with Crippen molar-refractivity contribution in [1.82, 2.24) is 14.7 Å². The number of aromatic nitrogens is 2. The Morgan fingerprint density at radius 3 is 2.24 bits per heavy atom. The van der Waals surface area contributed by atoms with Gasteiger partial charge in [0, 0.05) is 37.0 Å². The van der Waals surface area contributed by atoms with E-state index in [1.54, 1.807) is 0 Å². The van der Waals surface area contributed by atoms with Gasteiger partial charge in [0.1, 0.15) is 0 Å². The van der Waals surface area contributed by atoms with Gasteiger partial charge in [-0.3, -0.25) is 4.90 Å². The molecule has 4 heteroatoms. The largest absolute Gasteiger partial charge is 0.393 e. The Hall–Kier alpha value is -2.43. The molecule has 4 rings (SSSR count). The van der Waals surface area contributed by atoms with E-state index in [1.165, 1.54) is 5.56 Å². The molecule has 1 N–H and O–H groups in total. The van der Waals surface area contributed by atoms with E-state index in [0.717, 1.165) is 49.4 Å². The summed E-state index contributed by atoms with van der Waals surface area (Å²) < 4.78 is 1.97. The Morgan fingerprint density at radius 2 is 1.56 bits per heavy atom. The van der Waals surface area contributed by atoms with Crippen molar-refractivity contribution in [2.45, 2.75) is 25.5 Å². The SMILES string of the molecule is OC1CCN(Cc2cn(-c3ccccc3)nc2-c2ccccc2)CC1. The zero-order valence-corrected chi connectivity index (χ0v) is 14.3. The van der Waals surface area contributed by atoms with E-state index in [4.69, 9.17) is 5.10 Å². The molecule has 0 spiro atoms. The smallest absolute Gasteiger partial charge is 0.0972 e. The van der Waals surface area contributed by atoms with E-state index >= 15 is 0 Å². The zero-order valence-electron chi connectivity index (χ0n) is 14.3. The summed E-state index contributed by atoms with van der Waals surface area (Å²) >= 11 is 0. The maximum Gasteiger partial charge on any atom is 0.0972 e. The Balaban J connectivity index is 1.67. The molecule has 1 fully saturated rings. The van der Waals surface area contributed by atoms with Gasteiger partial charge in [-0.05, 0) is 25.0 Å². The van der Waals surface area contributed by atoms with Gasteiger partial charge in [-0.2, -0.15) is 5.10 Å². The molecule has 1 aliphatic rings. The summed E-state index contributed by atoms with van der Waals surface area (Å²) in [7, 11) is 0. The molecule has 0 amide bonds. The fraction of sp³-hybridized carbons (Fsp3) is 0.286. The van der Waals surface area contributed by atoms with Crippen LogP contribution in [0.3, 0.4) is 0 Å². The Morgan fingerprint density at radius 1 is 0.920 bits per heavy atom. The first kappa shape index (κ1) is 16.1. The molecule has 1 saturated heterocycles. The predicted molar refractivity (Wildman–Crippen MR) is 99.5 cm³/mol. The van der Waals surface area contributed by atoms with Crippen LogP contribution in [0.5, 0.6) is 0 Å². The molecule has 2 aromatic carbocycles. The number of likely N-dealkylation sites (tertiary alicyclic amines) is 1. The van der Waals surface area contributed by atoms with E-state index in [1.807, 2.05) is 28.9 Å². The maximum absolute atomic E-state index is 9.74. The zero-order chi connectivity index (χ0) is 17.1. The molecule has 1 aromatic heterocycles. The molecule has 2 heterocycles. The summed E-state index contributed by atoms with van der Waals surface area (Å²) in [6, 6.07) is 20.6. The van der Waals surface area contributed by atoms with Gasteiger partial charge in [0.2, 0.25) is 0 Å². The summed E-state index contributed by atoms with van der Waals surface area (Å²) in [6.07, 6.45) is 3.71. The molecule has 0 atom stereocenters. The second kappa shape index (κ2) is 7.21. The maximum atomic E-state index is 9.74. The average Bonchev–Trinajstić information content (AvgIpc) is 3.09. The fourth-order valence-corrected chi connectivity index (χ4v) is 3.40. The van der Waals surface area contributed by atoms with Gasteiger partial charge in [0.25, 0.3) is 0 Å². The topological polar surface area (TPSA) is 41.3 Å². The quantitative estimate of drug-likeness (QED) is 0.794. The summed E-state index contributed by atoms with van der Waals surface area (Å²) in [5.74, 6) is 0. The molecule has 3 aromatic rings. The number of benzene rings is 2. The minimum Gasteiger partial charge on any atom is -0.393 e. The van der Waals surface area contributed by atoms with Crippen LogP contribution >= 0.6 is 0 Å². The lowest BCUT2D eigenvalue weighted by molar-refractivity contribution is 0.0793. The third-order valence-electron chi connectivity index (χ3n) is 4.81. The Bertz CT molecular complexity index is 806. The number of aliphatic hydroxyl groups excluding tert-OH is 1. The highest BCUT2D eigenvalue weighted by atomic mass is 16.3. The lowest BCUT2D eigenvalue weighted by Crippen LogP contribution is -2.35. The number of nitrogens with zero attached hydrogens (tertiary/aromatic N) is 3. The molecule has 0 unspecified atom stereocenters. The number of para-hydroxylation sites is 1. The molecule has 4 nitrogen and oxygen atoms in total. The second-order valence-corrected chi connectivity index (χ2v) is 6.66. The second-order valence-electron chi connectivity index (χ2n) is 6.66. The van der Waals surface area contributed by atoms with Crippen molar-refractivity contribution >= 4 is 0 Å². The highest BCUT2D eigenvalue weighted by molar-refractivity contribution is 5.63. The normalized spacial score (nSPS) is 16.2. The molecule has 25 heavy (non-hydrogen) atoms. The van der Waals surface area contributed by atoms with E-state index in [-0.39, 0.29) is 6.10 Å². The van der Waals surface area contributed by atoms with E-state index in [9.17, 15) is 5.11 Å². The van der Waals surface area contributed by atoms with Gasteiger partial charge in [0.15, 0.2) is 0 Å². The molecule has 128 valence electrons. The van der Waals surface area contributed by atoms with Crippen molar-refractivity contribution in [1.29, 1.82) is 0 Å². The molecular formula is C21H23N3O. The molecular weight excluding hydrogens is 310 g/mol. The van der Waals surface area contributed by atoms with Crippen LogP contribution in [0.4, 0.5) is 0 Å². The minimum atomic E-state index is -0.142. The lowest BCUT2D eigenvalue weighted by atomic mass is 10.1. The predicted octanol–water partition coefficient (Wildman–Crippen LogP) is 3.50. The third-order valence-corrected chi connectivity index (χ3v) is 4.81. The average molecular weight is 333 g/mol. The van der Waals surface area contributed by atoms with E-state index < -0.39 is 0 Å². The highest BCUT2D eigenvalue weighted by Crippen LogP contribution is 2.25. The van der Waals surface area contributed by atoms with Crippen molar-refractivity contribution in [2.75, 3.05) is 13.1 Å². The number of aliphatic hydroxyl groups is 1. The van der Waals surface area contributed by atoms with Crippen molar-refractivity contribution in [2.24, 2.45) is 0 Å². The molecule has 0 radical (unpaired) electrons. The van der Waals surface area contributed by atoms with Crippen LogP contribution < -0.4 is 0 Å². The lowest BCUT2D eigenvalue weighted by Gasteiger charge is -2.29. The van der Waals surface area contributed by atoms with Gasteiger partial charge in [-0.25, -0.2) is 4.68 Å². The number of rotatable bonds is 4. The van der Waals surface area contributed by atoms with Crippen LogP contribution in [-0.4, -0.2) is 39.0 Å². The van der Waals surface area contributed by atoms with Crippen molar-refractivity contribution in [3.8, 4) is 16.9 Å². The van der Waals surface area contributed by atoms with Crippen molar-refractivity contribution in [3.05, 3.63) is 72.4 Å². The van der Waals surface area contributed by atoms with Crippen molar-refractivity contribution < 1.29 is 5.11 Å². The van der Waals surface area contributed by atoms with E-state index in [0.29, 0.717) is 0 Å². The molecule has 0 aliphatic carbocycles. The van der Waals surface area contributed by atoms with Crippen LogP contribution in [0, 0.1) is 0 Å². The monoisotopic (exact) mass is 333 g/mol. The summed E-state index contributed by atoms with van der Waals surface area (Å²) in [4.78, 5) is 2.41. The van der Waals surface area contributed by atoms with Crippen LogP contribution in [0.25, 0.3) is 16.9 Å². The summed E-state index contributed by atoms with van der Waals surface area (Å²) in [5, 5.41) is 14.6. The fourth-order valence-electron chi connectivity index (χ4n) is 3.40. The van der Waals surface area contributed by atoms with Crippen molar-refractivity contribution in [3.63, 3.8) is 0 Å². The third kappa shape index (κ3) is 3.65. The molecule has 0 saturated carbocycles. The number of piperidine rings is 1. The number of hydrogen-bond acceptors (Lipinski definition) is 3. The highest BCUT2D eigenvalue weighted by Gasteiger charge is 2.20. The number of hydrogen-bond donors (Lipinski definition) is 1. The minimum absolute atomic E-state index is 0.142. The van der Waals surface area contributed by atoms with Gasteiger partial charge < -0.3 is 5.11 Å². The summed E-state index contributed by atoms with van der Waals surface area (Å²) in [6.45, 7) is 2.74. The van der Waals surface area contributed by atoms with Crippen LogP contribution in [0.15, 0.2) is 66.9 Å². The van der Waals surface area contributed by atoms with Crippen LogP contribution in [0.2, 0.25) is 0 Å². The Kier molecular flexibility index (Phi) is 4.63. The first-order valence-electron chi connectivity index (χ1n) is 8.89. The summed E-state index contributed by atoms with van der Waals surface area (Å²) in [5.41, 5.74) is 4.48. The van der Waals surface area contributed by atoms with Gasteiger partial charge in [0.05, 0.1) is 17.5 Å². The Labute approximate surface area is 148 Å². The van der Waals surface area contributed by atoms with Gasteiger partial charge in [-0.1, -0.05) is 48.5 Å². The molecule has 0 bridgehead atoms. The molecule has 1 aliphatic heterocycles. The first-order valence-corrected chi connectivity index (χ1v) is 8.89. The van der Waals surface area contributed by atoms with Crippen LogP contribution in [0.1, 0.15) is 18.4 Å². The van der Waals surface area contributed by atoms with Gasteiger partial charge >= 0.3 is 0 Å². The standard InChI is InChI=1S/C21H23N3O/c25-20-11-13-23(14-12-20)15-18-16-24(19-9-5-2-6-10-19)22-21(18)17-7-3-1-4-8-17/h1-10,16,20,25H,11-15H2. The van der Waals surface area contributed by atoms with Gasteiger partial charge in [-0.15, -0.1) is 0 Å².